The summed E-state index contributed by atoms with van der Waals surface area (Å²) in [5, 5.41) is 3.42. The van der Waals surface area contributed by atoms with Crippen LogP contribution in [0, 0.1) is 0 Å². The van der Waals surface area contributed by atoms with E-state index in [4.69, 9.17) is 4.74 Å². The highest BCUT2D eigenvalue weighted by atomic mass is 35.5. The van der Waals surface area contributed by atoms with Gasteiger partial charge >= 0.3 is 0 Å². The lowest BCUT2D eigenvalue weighted by molar-refractivity contribution is -0.00000420. The van der Waals surface area contributed by atoms with Gasteiger partial charge in [-0.05, 0) is 18.4 Å². The van der Waals surface area contributed by atoms with Gasteiger partial charge < -0.3 is 22.5 Å². The smallest absolute Gasteiger partial charge is 0.0700 e. The third-order valence-corrected chi connectivity index (χ3v) is 2.57. The van der Waals surface area contributed by atoms with Gasteiger partial charge in [-0.3, -0.25) is 0 Å². The van der Waals surface area contributed by atoms with E-state index < -0.39 is 0 Å². The molecular formula is C12H17ClNO-. The third kappa shape index (κ3) is 4.20. The summed E-state index contributed by atoms with van der Waals surface area (Å²) < 4.78 is 5.53. The standard InChI is InChI=1S/C12H17NO.ClH/c1-2-5-11(6-3-1)9-13-10-12-7-4-8-14-12;/h1-3,5-6,12-13H,4,7-10H2;1H/p-1. The van der Waals surface area contributed by atoms with Crippen LogP contribution in [0.15, 0.2) is 30.3 Å². The van der Waals surface area contributed by atoms with E-state index in [0.717, 1.165) is 19.7 Å². The van der Waals surface area contributed by atoms with Crippen LogP contribution in [0.1, 0.15) is 18.4 Å². The zero-order valence-electron chi connectivity index (χ0n) is 8.79. The summed E-state index contributed by atoms with van der Waals surface area (Å²) in [6, 6.07) is 10.5. The lowest BCUT2D eigenvalue weighted by atomic mass is 10.2. The third-order valence-electron chi connectivity index (χ3n) is 2.57. The van der Waals surface area contributed by atoms with E-state index in [0.29, 0.717) is 6.10 Å². The van der Waals surface area contributed by atoms with Crippen molar-refractivity contribution in [1.29, 1.82) is 0 Å². The molecule has 84 valence electrons. The van der Waals surface area contributed by atoms with Gasteiger partial charge in [-0.1, -0.05) is 30.3 Å². The van der Waals surface area contributed by atoms with Crippen LogP contribution in [0.5, 0.6) is 0 Å². The minimum atomic E-state index is 0. The van der Waals surface area contributed by atoms with Crippen LogP contribution >= 0.6 is 0 Å². The number of rotatable bonds is 4. The van der Waals surface area contributed by atoms with Crippen LogP contribution in [0.2, 0.25) is 0 Å². The van der Waals surface area contributed by atoms with E-state index in [9.17, 15) is 0 Å². The van der Waals surface area contributed by atoms with Gasteiger partial charge in [0.05, 0.1) is 6.10 Å². The fourth-order valence-corrected chi connectivity index (χ4v) is 1.78. The molecule has 2 nitrogen and oxygen atoms in total. The molecule has 1 atom stereocenters. The highest BCUT2D eigenvalue weighted by molar-refractivity contribution is 5.14. The average Bonchev–Trinajstić information content (AvgIpc) is 2.72. The molecule has 1 aliphatic rings. The zero-order valence-corrected chi connectivity index (χ0v) is 9.54. The van der Waals surface area contributed by atoms with Gasteiger partial charge in [-0.15, -0.1) is 0 Å². The number of hydrogen-bond acceptors (Lipinski definition) is 2. The van der Waals surface area contributed by atoms with Crippen LogP contribution in [0.4, 0.5) is 0 Å². The molecule has 1 unspecified atom stereocenters. The minimum absolute atomic E-state index is 0. The molecule has 1 heterocycles. The second-order valence-electron chi connectivity index (χ2n) is 3.75. The van der Waals surface area contributed by atoms with Crippen molar-refractivity contribution in [2.45, 2.75) is 25.5 Å². The van der Waals surface area contributed by atoms with Crippen molar-refractivity contribution >= 4 is 0 Å². The molecule has 0 bridgehead atoms. The Balaban J connectivity index is 0.00000112. The Kier molecular flexibility index (Phi) is 5.69. The molecule has 15 heavy (non-hydrogen) atoms. The van der Waals surface area contributed by atoms with Gasteiger partial charge in [0.2, 0.25) is 0 Å². The molecule has 3 heteroatoms. The van der Waals surface area contributed by atoms with Crippen LogP contribution in [0.3, 0.4) is 0 Å². The fraction of sp³-hybridized carbons (Fsp3) is 0.500. The summed E-state index contributed by atoms with van der Waals surface area (Å²) in [5.74, 6) is 0. The van der Waals surface area contributed by atoms with Crippen molar-refractivity contribution in [3.63, 3.8) is 0 Å². The summed E-state index contributed by atoms with van der Waals surface area (Å²) in [7, 11) is 0. The predicted molar refractivity (Wildman–Crippen MR) is 57.1 cm³/mol. The molecule has 1 aliphatic heterocycles. The number of hydrogen-bond donors (Lipinski definition) is 1. The van der Waals surface area contributed by atoms with E-state index in [1.165, 1.54) is 18.4 Å². The normalized spacial score (nSPS) is 19.9. The number of nitrogens with one attached hydrogen (secondary N) is 1. The van der Waals surface area contributed by atoms with Crippen molar-refractivity contribution in [3.8, 4) is 0 Å². The first kappa shape index (κ1) is 12.5. The molecule has 0 amide bonds. The van der Waals surface area contributed by atoms with Gasteiger partial charge in [0.25, 0.3) is 0 Å². The van der Waals surface area contributed by atoms with Gasteiger partial charge in [0.15, 0.2) is 0 Å². The monoisotopic (exact) mass is 226 g/mol. The summed E-state index contributed by atoms with van der Waals surface area (Å²) in [4.78, 5) is 0. The predicted octanol–water partition coefficient (Wildman–Crippen LogP) is -1.04. The van der Waals surface area contributed by atoms with Gasteiger partial charge in [0, 0.05) is 19.7 Å². The first-order valence-electron chi connectivity index (χ1n) is 5.31. The quantitative estimate of drug-likeness (QED) is 0.708. The topological polar surface area (TPSA) is 21.3 Å². The minimum Gasteiger partial charge on any atom is -1.00 e. The van der Waals surface area contributed by atoms with Crippen LogP contribution in [-0.4, -0.2) is 19.3 Å². The van der Waals surface area contributed by atoms with Gasteiger partial charge in [-0.25, -0.2) is 0 Å². The SMILES string of the molecule is [Cl-].c1ccc(CNCC2CCCO2)cc1. The lowest BCUT2D eigenvalue weighted by Gasteiger charge is -2.10. The van der Waals surface area contributed by atoms with E-state index in [1.807, 2.05) is 6.07 Å². The number of ether oxygens (including phenoxy) is 1. The Morgan fingerprint density at radius 1 is 1.27 bits per heavy atom. The van der Waals surface area contributed by atoms with E-state index in [2.05, 4.69) is 29.6 Å². The molecule has 0 saturated carbocycles. The molecular weight excluding hydrogens is 210 g/mol. The Morgan fingerprint density at radius 3 is 2.73 bits per heavy atom. The molecule has 0 spiro atoms. The van der Waals surface area contributed by atoms with Crippen molar-refractivity contribution in [2.75, 3.05) is 13.2 Å². The highest BCUT2D eigenvalue weighted by Gasteiger charge is 2.14. The molecule has 1 aromatic rings. The molecule has 2 rings (SSSR count). The molecule has 1 N–H and O–H groups in total. The Morgan fingerprint density at radius 2 is 2.07 bits per heavy atom. The van der Waals surface area contributed by atoms with Crippen molar-refractivity contribution in [1.82, 2.24) is 5.32 Å². The van der Waals surface area contributed by atoms with Crippen LogP contribution in [0.25, 0.3) is 0 Å². The first-order valence-corrected chi connectivity index (χ1v) is 5.31. The van der Waals surface area contributed by atoms with E-state index in [-0.39, 0.29) is 12.4 Å². The molecule has 0 aliphatic carbocycles. The van der Waals surface area contributed by atoms with Crippen LogP contribution in [-0.2, 0) is 11.3 Å². The maximum atomic E-state index is 5.53. The number of benzene rings is 1. The van der Waals surface area contributed by atoms with Crippen molar-refractivity contribution in [2.24, 2.45) is 0 Å². The zero-order chi connectivity index (χ0) is 9.64. The first-order chi connectivity index (χ1) is 6.95. The van der Waals surface area contributed by atoms with E-state index >= 15 is 0 Å². The molecule has 0 radical (unpaired) electrons. The van der Waals surface area contributed by atoms with Crippen molar-refractivity contribution in [3.05, 3.63) is 35.9 Å². The Bertz CT molecular complexity index is 260. The lowest BCUT2D eigenvalue weighted by Crippen LogP contribution is -3.00. The number of halogens is 1. The second kappa shape index (κ2) is 6.83. The summed E-state index contributed by atoms with van der Waals surface area (Å²) >= 11 is 0. The van der Waals surface area contributed by atoms with Crippen molar-refractivity contribution < 1.29 is 17.1 Å². The second-order valence-corrected chi connectivity index (χ2v) is 3.75. The van der Waals surface area contributed by atoms with Crippen LogP contribution < -0.4 is 17.7 Å². The van der Waals surface area contributed by atoms with Gasteiger partial charge in [0.1, 0.15) is 0 Å². The molecule has 0 aromatic heterocycles. The molecule has 1 fully saturated rings. The summed E-state index contributed by atoms with van der Waals surface area (Å²) in [5.41, 5.74) is 1.34. The van der Waals surface area contributed by atoms with E-state index in [1.54, 1.807) is 0 Å². The molecule has 1 saturated heterocycles. The maximum absolute atomic E-state index is 5.53. The largest absolute Gasteiger partial charge is 1.00 e. The molecule has 1 aromatic carbocycles. The maximum Gasteiger partial charge on any atom is 0.0700 e. The Hall–Kier alpha value is -0.570. The Labute approximate surface area is 97.4 Å². The van der Waals surface area contributed by atoms with Gasteiger partial charge in [-0.2, -0.15) is 0 Å². The highest BCUT2D eigenvalue weighted by Crippen LogP contribution is 2.10. The summed E-state index contributed by atoms with van der Waals surface area (Å²) in [6.45, 7) is 2.87. The average molecular weight is 227 g/mol. The summed E-state index contributed by atoms with van der Waals surface area (Å²) in [6.07, 6.45) is 2.87. The fourth-order valence-electron chi connectivity index (χ4n) is 1.78.